The molecule has 2 atom stereocenters. The molecule has 2 aliphatic rings. The Morgan fingerprint density at radius 2 is 1.94 bits per heavy atom. The fraction of sp³-hybridized carbons (Fsp3) is 0.353. The van der Waals surface area contributed by atoms with E-state index in [1.54, 1.807) is 22.7 Å². The Hall–Kier alpha value is -0.840. The van der Waals surface area contributed by atoms with Crippen molar-refractivity contribution in [3.63, 3.8) is 0 Å². The maximum absolute atomic E-state index is 12.1. The number of hydrogen-bond acceptors (Lipinski definition) is 8. The molecule has 0 radical (unpaired) electrons. The molecule has 1 saturated heterocycles. The van der Waals surface area contributed by atoms with Crippen molar-refractivity contribution >= 4 is 86.6 Å². The van der Waals surface area contributed by atoms with E-state index >= 15 is 0 Å². The van der Waals surface area contributed by atoms with Gasteiger partial charge >= 0.3 is 10.1 Å². The minimum Gasteiger partial charge on any atom is -0.286 e. The van der Waals surface area contributed by atoms with Gasteiger partial charge in [-0.25, -0.2) is 4.48 Å². The maximum atomic E-state index is 12.1. The average Bonchev–Trinajstić information content (AvgIpc) is 3.33. The van der Waals surface area contributed by atoms with Gasteiger partial charge in [0.2, 0.25) is 10.4 Å². The molecule has 0 saturated carbocycles. The molecule has 2 unspecified atom stereocenters. The molecule has 166 valence electrons. The Balaban J connectivity index is 1.58. The van der Waals surface area contributed by atoms with E-state index in [1.807, 2.05) is 33.5 Å². The third-order valence-corrected chi connectivity index (χ3v) is 12.1. The normalized spacial score (nSPS) is 24.8. The molecular weight excluding hydrogens is 521 g/mol. The van der Waals surface area contributed by atoms with E-state index in [4.69, 9.17) is 4.55 Å². The van der Waals surface area contributed by atoms with E-state index in [0.717, 1.165) is 29.5 Å². The molecule has 1 fully saturated rings. The molecule has 0 aromatic carbocycles. The van der Waals surface area contributed by atoms with Gasteiger partial charge < -0.3 is 0 Å². The predicted octanol–water partition coefficient (Wildman–Crippen LogP) is 3.62. The van der Waals surface area contributed by atoms with Crippen molar-refractivity contribution in [3.05, 3.63) is 32.9 Å². The van der Waals surface area contributed by atoms with Crippen LogP contribution >= 0.6 is 45.8 Å². The van der Waals surface area contributed by atoms with Gasteiger partial charge in [-0.2, -0.15) is 21.4 Å². The quantitative estimate of drug-likeness (QED) is 0.280. The Labute approximate surface area is 195 Å². The van der Waals surface area contributed by atoms with Crippen LogP contribution in [0.3, 0.4) is 0 Å². The van der Waals surface area contributed by atoms with Crippen LogP contribution in [0.4, 0.5) is 5.00 Å². The molecule has 3 aromatic heterocycles. The van der Waals surface area contributed by atoms with Crippen molar-refractivity contribution in [3.8, 4) is 0 Å². The number of fused-ring (bicyclic) bond motifs is 3. The molecular formula is C17H18N2O6S6+2. The van der Waals surface area contributed by atoms with Crippen LogP contribution in [0.15, 0.2) is 32.8 Å². The standard InChI is InChI=1S/C17H16N2O6S6/c20-30(21,22)9-1-5-18-13(28-11-3-7-26-16(11)18)10-14-19(6-2-15(19)31(23,24)25)17-12(29-14)4-8-27-17/h3-4,7-8,10,15H,1-2,5-6,9H2/p+2. The summed E-state index contributed by atoms with van der Waals surface area (Å²) in [6, 6.07) is 3.97. The second kappa shape index (κ2) is 7.60. The van der Waals surface area contributed by atoms with Gasteiger partial charge in [0.1, 0.15) is 4.70 Å². The zero-order chi connectivity index (χ0) is 22.0. The molecule has 3 aromatic rings. The van der Waals surface area contributed by atoms with Gasteiger partial charge in [0, 0.05) is 6.42 Å². The summed E-state index contributed by atoms with van der Waals surface area (Å²) in [6.45, 7) is 1.01. The van der Waals surface area contributed by atoms with Gasteiger partial charge in [-0.05, 0) is 34.7 Å². The van der Waals surface area contributed by atoms with E-state index in [-0.39, 0.29) is 16.7 Å². The Morgan fingerprint density at radius 1 is 1.16 bits per heavy atom. The van der Waals surface area contributed by atoms with Crippen molar-refractivity contribution in [1.82, 2.24) is 4.48 Å². The molecule has 2 aliphatic heterocycles. The monoisotopic (exact) mass is 538 g/mol. The summed E-state index contributed by atoms with van der Waals surface area (Å²) in [7, 11) is -8.27. The zero-order valence-electron chi connectivity index (χ0n) is 15.9. The highest BCUT2D eigenvalue weighted by atomic mass is 32.2. The third-order valence-electron chi connectivity index (χ3n) is 5.51. The fourth-order valence-corrected chi connectivity index (χ4v) is 11.0. The molecule has 5 rings (SSSR count). The van der Waals surface area contributed by atoms with Crippen molar-refractivity contribution in [2.24, 2.45) is 0 Å². The highest BCUT2D eigenvalue weighted by molar-refractivity contribution is 8.04. The van der Waals surface area contributed by atoms with Crippen LogP contribution in [0.1, 0.15) is 17.8 Å². The van der Waals surface area contributed by atoms with Crippen LogP contribution < -0.4 is 9.05 Å². The zero-order valence-corrected chi connectivity index (χ0v) is 20.8. The second-order valence-corrected chi connectivity index (χ2v) is 14.4. The first-order chi connectivity index (χ1) is 14.6. The topological polar surface area (TPSA) is 113 Å². The molecule has 1 spiro atoms. The molecule has 2 N–H and O–H groups in total. The van der Waals surface area contributed by atoms with Gasteiger partial charge in [-0.1, -0.05) is 34.0 Å². The Kier molecular flexibility index (Phi) is 5.39. The van der Waals surface area contributed by atoms with Gasteiger partial charge in [-0.15, -0.1) is 0 Å². The number of hydrogen-bond donors (Lipinski definition) is 2. The van der Waals surface area contributed by atoms with Crippen LogP contribution in [0, 0.1) is 0 Å². The van der Waals surface area contributed by atoms with Gasteiger partial charge in [0.25, 0.3) is 20.0 Å². The van der Waals surface area contributed by atoms with Crippen LogP contribution in [-0.4, -0.2) is 43.6 Å². The number of aromatic nitrogens is 1. The first-order valence-electron chi connectivity index (χ1n) is 9.27. The highest BCUT2D eigenvalue weighted by Crippen LogP contribution is 2.60. The maximum Gasteiger partial charge on any atom is 0.320 e. The SMILES string of the molecule is O=S(=O)(O)CCC[n+]1c(C=C2Sc3ccsc3[N+]23CCC3S(=O)(=O)O)sc2ccsc21. The number of thiophene rings is 2. The molecule has 0 aliphatic carbocycles. The van der Waals surface area contributed by atoms with Crippen molar-refractivity contribution in [1.29, 1.82) is 0 Å². The van der Waals surface area contributed by atoms with E-state index in [9.17, 15) is 21.4 Å². The van der Waals surface area contributed by atoms with Gasteiger partial charge in [0.15, 0.2) is 11.6 Å². The minimum atomic E-state index is -4.23. The number of aryl methyl sites for hydroxylation is 1. The number of thioether (sulfide) groups is 1. The fourth-order valence-electron chi connectivity index (χ4n) is 4.11. The first kappa shape index (κ1) is 22.0. The summed E-state index contributed by atoms with van der Waals surface area (Å²) < 4.78 is 68.7. The lowest BCUT2D eigenvalue weighted by atomic mass is 10.1. The smallest absolute Gasteiger partial charge is 0.286 e. The Bertz CT molecular complexity index is 1420. The van der Waals surface area contributed by atoms with E-state index in [1.165, 1.54) is 23.1 Å². The van der Waals surface area contributed by atoms with Gasteiger partial charge in [0.05, 0.1) is 29.7 Å². The van der Waals surface area contributed by atoms with Crippen LogP contribution in [0.2, 0.25) is 0 Å². The van der Waals surface area contributed by atoms with Crippen molar-refractivity contribution in [2.75, 3.05) is 12.3 Å². The van der Waals surface area contributed by atoms with Crippen LogP contribution in [-0.2, 0) is 26.8 Å². The van der Waals surface area contributed by atoms with Crippen molar-refractivity contribution in [2.45, 2.75) is 29.7 Å². The second-order valence-electron chi connectivity index (χ2n) is 7.35. The molecule has 0 bridgehead atoms. The summed E-state index contributed by atoms with van der Waals surface area (Å²) >= 11 is 6.12. The number of thiazole rings is 1. The van der Waals surface area contributed by atoms with Crippen LogP contribution in [0.5, 0.6) is 0 Å². The molecule has 5 heterocycles. The molecule has 31 heavy (non-hydrogen) atoms. The third kappa shape index (κ3) is 3.71. The lowest BCUT2D eigenvalue weighted by Gasteiger charge is -2.46. The summed E-state index contributed by atoms with van der Waals surface area (Å²) in [5.74, 6) is -0.324. The van der Waals surface area contributed by atoms with Crippen molar-refractivity contribution < 1.29 is 30.5 Å². The lowest BCUT2D eigenvalue weighted by molar-refractivity contribution is -0.666. The summed E-state index contributed by atoms with van der Waals surface area (Å²) in [5, 5.41) is 5.64. The lowest BCUT2D eigenvalue weighted by Crippen LogP contribution is -2.66. The highest BCUT2D eigenvalue weighted by Gasteiger charge is 2.63. The van der Waals surface area contributed by atoms with E-state index in [2.05, 4.69) is 0 Å². The Morgan fingerprint density at radius 3 is 2.61 bits per heavy atom. The summed E-state index contributed by atoms with van der Waals surface area (Å²) in [4.78, 5) is 2.01. The average molecular weight is 539 g/mol. The molecule has 0 amide bonds. The first-order valence-corrected chi connectivity index (χ1v) is 15.8. The summed E-state index contributed by atoms with van der Waals surface area (Å²) in [5.41, 5.74) is 0. The number of quaternary nitrogens is 1. The van der Waals surface area contributed by atoms with Gasteiger partial charge in [-0.3, -0.25) is 9.11 Å². The number of nitrogens with zero attached hydrogens (tertiary/aromatic N) is 2. The summed E-state index contributed by atoms with van der Waals surface area (Å²) in [6.07, 6.45) is 2.62. The number of rotatable bonds is 6. The minimum absolute atomic E-state index is 0.118. The molecule has 14 heteroatoms. The van der Waals surface area contributed by atoms with E-state index in [0.29, 0.717) is 19.5 Å². The van der Waals surface area contributed by atoms with Crippen LogP contribution in [0.25, 0.3) is 15.6 Å². The predicted molar refractivity (Wildman–Crippen MR) is 126 cm³/mol. The molecule has 8 nitrogen and oxygen atoms in total. The largest absolute Gasteiger partial charge is 0.320 e. The van der Waals surface area contributed by atoms with E-state index < -0.39 is 25.6 Å².